The molecule has 1 saturated carbocycles. The van der Waals surface area contributed by atoms with Gasteiger partial charge in [-0.15, -0.1) is 0 Å². The second-order valence-electron chi connectivity index (χ2n) is 5.69. The van der Waals surface area contributed by atoms with Gasteiger partial charge in [0, 0.05) is 16.3 Å². The standard InChI is InChI=1S/C17H20Cl2N2O3/c1-2-24-17(23)14(11-4-3-5-11)10-20-21-16(22)8-12-6-7-13(18)9-15(12)19/h6-7,9-11,14H,2-5,8H2,1H3,(H,21,22)/b20-10+. The van der Waals surface area contributed by atoms with E-state index < -0.39 is 5.92 Å². The zero-order valence-electron chi connectivity index (χ0n) is 13.4. The van der Waals surface area contributed by atoms with Crippen molar-refractivity contribution < 1.29 is 14.3 Å². The maximum Gasteiger partial charge on any atom is 0.314 e. The van der Waals surface area contributed by atoms with Crippen LogP contribution in [0.25, 0.3) is 0 Å². The smallest absolute Gasteiger partial charge is 0.314 e. The van der Waals surface area contributed by atoms with Gasteiger partial charge in [0.15, 0.2) is 0 Å². The summed E-state index contributed by atoms with van der Waals surface area (Å²) in [6.07, 6.45) is 4.62. The number of amides is 1. The number of nitrogens with zero attached hydrogens (tertiary/aromatic N) is 1. The van der Waals surface area contributed by atoms with E-state index in [1.807, 2.05) is 0 Å². The van der Waals surface area contributed by atoms with Crippen molar-refractivity contribution in [1.82, 2.24) is 5.43 Å². The van der Waals surface area contributed by atoms with Crippen LogP contribution in [-0.4, -0.2) is 24.7 Å². The van der Waals surface area contributed by atoms with Crippen molar-refractivity contribution >= 4 is 41.3 Å². The molecule has 0 radical (unpaired) electrons. The zero-order chi connectivity index (χ0) is 17.5. The molecule has 0 aromatic heterocycles. The number of halogens is 2. The van der Waals surface area contributed by atoms with E-state index in [0.29, 0.717) is 22.2 Å². The molecule has 1 aliphatic rings. The predicted molar refractivity (Wildman–Crippen MR) is 94.3 cm³/mol. The molecule has 1 aliphatic carbocycles. The Kier molecular flexibility index (Phi) is 7.06. The van der Waals surface area contributed by atoms with Gasteiger partial charge in [-0.25, -0.2) is 5.43 Å². The highest BCUT2D eigenvalue weighted by Gasteiger charge is 2.32. The van der Waals surface area contributed by atoms with Crippen LogP contribution in [0.5, 0.6) is 0 Å². The van der Waals surface area contributed by atoms with E-state index in [9.17, 15) is 9.59 Å². The third-order valence-electron chi connectivity index (χ3n) is 4.01. The number of carbonyl (C=O) groups is 2. The van der Waals surface area contributed by atoms with E-state index in [4.69, 9.17) is 27.9 Å². The van der Waals surface area contributed by atoms with Gasteiger partial charge in [-0.3, -0.25) is 9.59 Å². The lowest BCUT2D eigenvalue weighted by Crippen LogP contribution is -2.32. The molecule has 0 spiro atoms. The van der Waals surface area contributed by atoms with E-state index in [1.54, 1.807) is 25.1 Å². The molecule has 0 heterocycles. The average molecular weight is 371 g/mol. The van der Waals surface area contributed by atoms with Crippen LogP contribution in [0.2, 0.25) is 10.0 Å². The summed E-state index contributed by atoms with van der Waals surface area (Å²) in [5, 5.41) is 4.87. The third-order valence-corrected chi connectivity index (χ3v) is 4.59. The van der Waals surface area contributed by atoms with Crippen LogP contribution in [0, 0.1) is 11.8 Å². The Hall–Kier alpha value is -1.59. The Morgan fingerprint density at radius 3 is 2.75 bits per heavy atom. The van der Waals surface area contributed by atoms with Gasteiger partial charge in [-0.05, 0) is 43.4 Å². The molecule has 1 N–H and O–H groups in total. The lowest BCUT2D eigenvalue weighted by molar-refractivity contribution is -0.147. The highest BCUT2D eigenvalue weighted by atomic mass is 35.5. The maximum absolute atomic E-state index is 12.0. The Bertz CT molecular complexity index is 630. The maximum atomic E-state index is 12.0. The molecular weight excluding hydrogens is 351 g/mol. The van der Waals surface area contributed by atoms with Crippen LogP contribution in [0.1, 0.15) is 31.7 Å². The topological polar surface area (TPSA) is 67.8 Å². The lowest BCUT2D eigenvalue weighted by atomic mass is 9.76. The van der Waals surface area contributed by atoms with E-state index in [-0.39, 0.29) is 24.2 Å². The number of hydrogen-bond acceptors (Lipinski definition) is 4. The molecule has 0 saturated heterocycles. The fourth-order valence-corrected chi connectivity index (χ4v) is 2.95. The van der Waals surface area contributed by atoms with Crippen LogP contribution in [-0.2, 0) is 20.7 Å². The second-order valence-corrected chi connectivity index (χ2v) is 6.54. The SMILES string of the molecule is CCOC(=O)C(/C=N/NC(=O)Cc1ccc(Cl)cc1Cl)C1CCC1. The van der Waals surface area contributed by atoms with E-state index in [1.165, 1.54) is 6.21 Å². The summed E-state index contributed by atoms with van der Waals surface area (Å²) in [4.78, 5) is 23.9. The monoisotopic (exact) mass is 370 g/mol. The first-order valence-electron chi connectivity index (χ1n) is 7.93. The quantitative estimate of drug-likeness (QED) is 0.452. The molecule has 7 heteroatoms. The molecule has 1 atom stereocenters. The molecular formula is C17H20Cl2N2O3. The van der Waals surface area contributed by atoms with Crippen molar-refractivity contribution in [3.05, 3.63) is 33.8 Å². The van der Waals surface area contributed by atoms with Gasteiger partial charge in [0.25, 0.3) is 0 Å². The molecule has 130 valence electrons. The van der Waals surface area contributed by atoms with Crippen LogP contribution >= 0.6 is 23.2 Å². The summed E-state index contributed by atoms with van der Waals surface area (Å²) < 4.78 is 5.07. The van der Waals surface area contributed by atoms with Gasteiger partial charge in [0.1, 0.15) is 0 Å². The molecule has 1 aromatic rings. The lowest BCUT2D eigenvalue weighted by Gasteiger charge is -2.29. The first-order chi connectivity index (χ1) is 11.5. The van der Waals surface area contributed by atoms with Crippen molar-refractivity contribution in [3.8, 4) is 0 Å². The molecule has 24 heavy (non-hydrogen) atoms. The molecule has 1 aromatic carbocycles. The number of benzene rings is 1. The Morgan fingerprint density at radius 1 is 1.42 bits per heavy atom. The fourth-order valence-electron chi connectivity index (χ4n) is 2.48. The normalized spacial score (nSPS) is 15.8. The highest BCUT2D eigenvalue weighted by Crippen LogP contribution is 2.33. The van der Waals surface area contributed by atoms with Crippen LogP contribution in [0.15, 0.2) is 23.3 Å². The Balaban J connectivity index is 1.90. The number of carbonyl (C=O) groups excluding carboxylic acids is 2. The number of ether oxygens (including phenoxy) is 1. The number of rotatable bonds is 7. The van der Waals surface area contributed by atoms with Crippen molar-refractivity contribution in [2.75, 3.05) is 6.61 Å². The van der Waals surface area contributed by atoms with Gasteiger partial charge in [-0.1, -0.05) is 35.7 Å². The molecule has 1 fully saturated rings. The van der Waals surface area contributed by atoms with Gasteiger partial charge in [0.2, 0.25) is 5.91 Å². The molecule has 0 bridgehead atoms. The van der Waals surface area contributed by atoms with E-state index in [0.717, 1.165) is 19.3 Å². The summed E-state index contributed by atoms with van der Waals surface area (Å²) in [7, 11) is 0. The first-order valence-corrected chi connectivity index (χ1v) is 8.69. The Morgan fingerprint density at radius 2 is 2.17 bits per heavy atom. The summed E-state index contributed by atoms with van der Waals surface area (Å²) >= 11 is 11.9. The second kappa shape index (κ2) is 9.04. The van der Waals surface area contributed by atoms with Gasteiger partial charge < -0.3 is 4.74 Å². The van der Waals surface area contributed by atoms with Crippen molar-refractivity contribution in [2.24, 2.45) is 16.9 Å². The molecule has 5 nitrogen and oxygen atoms in total. The number of hydrogen-bond donors (Lipinski definition) is 1. The van der Waals surface area contributed by atoms with E-state index in [2.05, 4.69) is 10.5 Å². The third kappa shape index (κ3) is 5.21. The average Bonchev–Trinajstić information content (AvgIpc) is 2.47. The molecule has 0 aliphatic heterocycles. The van der Waals surface area contributed by atoms with Crippen LogP contribution < -0.4 is 5.43 Å². The van der Waals surface area contributed by atoms with Crippen molar-refractivity contribution in [1.29, 1.82) is 0 Å². The minimum Gasteiger partial charge on any atom is -0.465 e. The molecule has 1 unspecified atom stereocenters. The highest BCUT2D eigenvalue weighted by molar-refractivity contribution is 6.35. The van der Waals surface area contributed by atoms with Gasteiger partial charge in [-0.2, -0.15) is 5.10 Å². The number of hydrazone groups is 1. The predicted octanol–water partition coefficient (Wildman–Crippen LogP) is 3.62. The van der Waals surface area contributed by atoms with Crippen LogP contribution in [0.3, 0.4) is 0 Å². The number of nitrogens with one attached hydrogen (secondary N) is 1. The first kappa shape index (κ1) is 18.7. The van der Waals surface area contributed by atoms with Gasteiger partial charge in [0.05, 0.1) is 18.9 Å². The van der Waals surface area contributed by atoms with Crippen molar-refractivity contribution in [2.45, 2.75) is 32.6 Å². The summed E-state index contributed by atoms with van der Waals surface area (Å²) in [6.45, 7) is 2.10. The minimum atomic E-state index is -0.405. The van der Waals surface area contributed by atoms with E-state index >= 15 is 0 Å². The minimum absolute atomic E-state index is 0.0842. The van der Waals surface area contributed by atoms with Crippen molar-refractivity contribution in [3.63, 3.8) is 0 Å². The summed E-state index contributed by atoms with van der Waals surface area (Å²) in [5.41, 5.74) is 3.10. The number of esters is 1. The van der Waals surface area contributed by atoms with Gasteiger partial charge >= 0.3 is 5.97 Å². The largest absolute Gasteiger partial charge is 0.465 e. The molecule has 2 rings (SSSR count). The molecule has 1 amide bonds. The summed E-state index contributed by atoms with van der Waals surface area (Å²) in [5.74, 6) is -0.763. The Labute approximate surface area is 151 Å². The fraction of sp³-hybridized carbons (Fsp3) is 0.471. The zero-order valence-corrected chi connectivity index (χ0v) is 14.9. The van der Waals surface area contributed by atoms with Crippen LogP contribution in [0.4, 0.5) is 0 Å². The summed E-state index contributed by atoms with van der Waals surface area (Å²) in [6, 6.07) is 4.96.